The van der Waals surface area contributed by atoms with Crippen LogP contribution in [0.2, 0.25) is 0 Å². The number of hydrogen-bond acceptors (Lipinski definition) is 4. The summed E-state index contributed by atoms with van der Waals surface area (Å²) in [4.78, 5) is 21.5. The summed E-state index contributed by atoms with van der Waals surface area (Å²) in [6, 6.07) is 0. The second-order valence-electron chi connectivity index (χ2n) is 2.80. The third-order valence-corrected chi connectivity index (χ3v) is 2.04. The number of amides is 1. The number of anilines is 1. The van der Waals surface area contributed by atoms with Crippen LogP contribution in [0.4, 0.5) is 5.69 Å². The Bertz CT molecular complexity index is 364. The summed E-state index contributed by atoms with van der Waals surface area (Å²) >= 11 is 1.41. The van der Waals surface area contributed by atoms with Crippen molar-refractivity contribution in [3.05, 3.63) is 12.4 Å². The van der Waals surface area contributed by atoms with Gasteiger partial charge in [-0.1, -0.05) is 0 Å². The van der Waals surface area contributed by atoms with Gasteiger partial charge in [0.25, 0.3) is 0 Å². The SMILES string of the molecule is CSCC(=O)Nc1cnn(CC(=O)O)c1. The van der Waals surface area contributed by atoms with E-state index in [1.807, 2.05) is 6.26 Å². The third-order valence-electron chi connectivity index (χ3n) is 1.49. The first-order valence-corrected chi connectivity index (χ1v) is 5.54. The summed E-state index contributed by atoms with van der Waals surface area (Å²) in [5, 5.41) is 14.9. The second kappa shape index (κ2) is 5.40. The van der Waals surface area contributed by atoms with Crippen molar-refractivity contribution in [1.29, 1.82) is 0 Å². The first kappa shape index (κ1) is 11.6. The lowest BCUT2D eigenvalue weighted by Crippen LogP contribution is -2.13. The number of aliphatic carboxylic acids is 1. The van der Waals surface area contributed by atoms with Crippen molar-refractivity contribution in [2.75, 3.05) is 17.3 Å². The summed E-state index contributed by atoms with van der Waals surface area (Å²) < 4.78 is 1.25. The first-order chi connectivity index (χ1) is 7.11. The predicted octanol–water partition coefficient (Wildman–Crippen LogP) is 0.269. The van der Waals surface area contributed by atoms with Crippen LogP contribution in [0.1, 0.15) is 0 Å². The molecule has 0 aliphatic carbocycles. The molecule has 1 amide bonds. The van der Waals surface area contributed by atoms with Crippen molar-refractivity contribution < 1.29 is 14.7 Å². The molecule has 0 aromatic carbocycles. The molecule has 0 saturated carbocycles. The minimum atomic E-state index is -0.972. The number of nitrogens with one attached hydrogen (secondary N) is 1. The Morgan fingerprint density at radius 2 is 2.40 bits per heavy atom. The monoisotopic (exact) mass is 229 g/mol. The molecule has 1 aromatic rings. The molecule has 0 aliphatic rings. The molecule has 0 saturated heterocycles. The van der Waals surface area contributed by atoms with Gasteiger partial charge < -0.3 is 10.4 Å². The Kier molecular flexibility index (Phi) is 4.17. The summed E-state index contributed by atoms with van der Waals surface area (Å²) in [5.74, 6) is -0.734. The number of rotatable bonds is 5. The number of carbonyl (C=O) groups is 2. The molecule has 1 aromatic heterocycles. The number of carboxylic acids is 1. The minimum Gasteiger partial charge on any atom is -0.480 e. The molecule has 0 unspecified atom stereocenters. The topological polar surface area (TPSA) is 84.2 Å². The van der Waals surface area contributed by atoms with Crippen LogP contribution < -0.4 is 5.32 Å². The van der Waals surface area contributed by atoms with E-state index in [-0.39, 0.29) is 12.5 Å². The number of aromatic nitrogens is 2. The predicted molar refractivity (Wildman–Crippen MR) is 56.9 cm³/mol. The van der Waals surface area contributed by atoms with Gasteiger partial charge in [-0.2, -0.15) is 16.9 Å². The van der Waals surface area contributed by atoms with Gasteiger partial charge in [0.1, 0.15) is 6.54 Å². The van der Waals surface area contributed by atoms with Gasteiger partial charge in [0.2, 0.25) is 5.91 Å². The fourth-order valence-electron chi connectivity index (χ4n) is 0.981. The van der Waals surface area contributed by atoms with Gasteiger partial charge in [-0.05, 0) is 6.26 Å². The quantitative estimate of drug-likeness (QED) is 0.757. The van der Waals surface area contributed by atoms with E-state index >= 15 is 0 Å². The number of carbonyl (C=O) groups excluding carboxylic acids is 1. The molecule has 0 aliphatic heterocycles. The Morgan fingerprint density at radius 1 is 1.67 bits per heavy atom. The molecule has 15 heavy (non-hydrogen) atoms. The van der Waals surface area contributed by atoms with Crippen LogP contribution in [0.15, 0.2) is 12.4 Å². The van der Waals surface area contributed by atoms with Crippen LogP contribution in [0, 0.1) is 0 Å². The molecule has 0 radical (unpaired) electrons. The summed E-state index contributed by atoms with van der Waals surface area (Å²) in [6.45, 7) is -0.210. The highest BCUT2D eigenvalue weighted by Crippen LogP contribution is 2.05. The number of nitrogens with zero attached hydrogens (tertiary/aromatic N) is 2. The lowest BCUT2D eigenvalue weighted by Gasteiger charge is -1.99. The van der Waals surface area contributed by atoms with E-state index in [0.29, 0.717) is 11.4 Å². The normalized spacial score (nSPS) is 9.93. The largest absolute Gasteiger partial charge is 0.480 e. The van der Waals surface area contributed by atoms with Gasteiger partial charge in [0.05, 0.1) is 17.6 Å². The lowest BCUT2D eigenvalue weighted by atomic mass is 10.5. The maximum Gasteiger partial charge on any atom is 0.325 e. The molecule has 0 bridgehead atoms. The van der Waals surface area contributed by atoms with E-state index in [0.717, 1.165) is 0 Å². The molecule has 0 fully saturated rings. The van der Waals surface area contributed by atoms with Crippen LogP contribution in [-0.2, 0) is 16.1 Å². The molecule has 2 N–H and O–H groups in total. The molecule has 0 atom stereocenters. The Morgan fingerprint density at radius 3 is 3.00 bits per heavy atom. The third kappa shape index (κ3) is 4.03. The van der Waals surface area contributed by atoms with Gasteiger partial charge >= 0.3 is 5.97 Å². The highest BCUT2D eigenvalue weighted by molar-refractivity contribution is 7.99. The molecule has 1 heterocycles. The van der Waals surface area contributed by atoms with Crippen molar-refractivity contribution >= 4 is 29.3 Å². The number of carboxylic acid groups (broad SMARTS) is 1. The van der Waals surface area contributed by atoms with E-state index in [4.69, 9.17) is 5.11 Å². The molecule has 6 nitrogen and oxygen atoms in total. The zero-order valence-corrected chi connectivity index (χ0v) is 8.95. The molecule has 82 valence electrons. The highest BCUT2D eigenvalue weighted by Gasteiger charge is 2.05. The van der Waals surface area contributed by atoms with Crippen molar-refractivity contribution in [2.45, 2.75) is 6.54 Å². The zero-order valence-electron chi connectivity index (χ0n) is 8.14. The maximum atomic E-state index is 11.2. The van der Waals surface area contributed by atoms with E-state index in [1.165, 1.54) is 28.8 Å². The minimum absolute atomic E-state index is 0.127. The Balaban J connectivity index is 2.52. The van der Waals surface area contributed by atoms with E-state index in [2.05, 4.69) is 10.4 Å². The first-order valence-electron chi connectivity index (χ1n) is 4.15. The van der Waals surface area contributed by atoms with E-state index in [1.54, 1.807) is 0 Å². The smallest absolute Gasteiger partial charge is 0.325 e. The summed E-state index contributed by atoms with van der Waals surface area (Å²) in [6.07, 6.45) is 4.72. The van der Waals surface area contributed by atoms with Crippen molar-refractivity contribution in [2.24, 2.45) is 0 Å². The molecule has 1 rings (SSSR count). The van der Waals surface area contributed by atoms with Crippen LogP contribution in [0.25, 0.3) is 0 Å². The number of hydrogen-bond donors (Lipinski definition) is 2. The maximum absolute atomic E-state index is 11.2. The van der Waals surface area contributed by atoms with E-state index < -0.39 is 5.97 Å². The Hall–Kier alpha value is -1.50. The molecule has 7 heteroatoms. The highest BCUT2D eigenvalue weighted by atomic mass is 32.2. The van der Waals surface area contributed by atoms with Gasteiger partial charge in [-0.3, -0.25) is 14.3 Å². The second-order valence-corrected chi connectivity index (χ2v) is 3.67. The van der Waals surface area contributed by atoms with Crippen molar-refractivity contribution in [3.63, 3.8) is 0 Å². The van der Waals surface area contributed by atoms with Gasteiger partial charge in [-0.25, -0.2) is 0 Å². The van der Waals surface area contributed by atoms with Gasteiger partial charge in [-0.15, -0.1) is 0 Å². The van der Waals surface area contributed by atoms with Crippen molar-refractivity contribution in [3.8, 4) is 0 Å². The summed E-state index contributed by atoms with van der Waals surface area (Å²) in [7, 11) is 0. The number of thioether (sulfide) groups is 1. The molecular formula is C8H11N3O3S. The fourth-order valence-corrected chi connectivity index (χ4v) is 1.32. The van der Waals surface area contributed by atoms with Crippen LogP contribution in [0.3, 0.4) is 0 Å². The van der Waals surface area contributed by atoms with Crippen LogP contribution in [0.5, 0.6) is 0 Å². The van der Waals surface area contributed by atoms with Gasteiger partial charge in [0, 0.05) is 6.20 Å². The van der Waals surface area contributed by atoms with Crippen LogP contribution in [-0.4, -0.2) is 38.8 Å². The van der Waals surface area contributed by atoms with E-state index in [9.17, 15) is 9.59 Å². The lowest BCUT2D eigenvalue weighted by molar-refractivity contribution is -0.137. The standard InChI is InChI=1S/C8H11N3O3S/c1-15-5-7(12)10-6-2-9-11(3-6)4-8(13)14/h2-3H,4-5H2,1H3,(H,10,12)(H,13,14). The van der Waals surface area contributed by atoms with Crippen molar-refractivity contribution in [1.82, 2.24) is 9.78 Å². The van der Waals surface area contributed by atoms with Crippen LogP contribution >= 0.6 is 11.8 Å². The van der Waals surface area contributed by atoms with Gasteiger partial charge in [0.15, 0.2) is 0 Å². The summed E-state index contributed by atoms with van der Waals surface area (Å²) in [5.41, 5.74) is 0.510. The zero-order chi connectivity index (χ0) is 11.3. The molecule has 0 spiro atoms. The average molecular weight is 229 g/mol. The average Bonchev–Trinajstić information content (AvgIpc) is 2.51. The Labute approximate surface area is 90.7 Å². The fraction of sp³-hybridized carbons (Fsp3) is 0.375. The molecular weight excluding hydrogens is 218 g/mol.